The van der Waals surface area contributed by atoms with E-state index in [-0.39, 0.29) is 5.91 Å². The zero-order valence-electron chi connectivity index (χ0n) is 9.57. The summed E-state index contributed by atoms with van der Waals surface area (Å²) in [5, 5.41) is 2.57. The molecule has 0 radical (unpaired) electrons. The van der Waals surface area contributed by atoms with Crippen molar-refractivity contribution in [3.8, 4) is 0 Å². The van der Waals surface area contributed by atoms with Crippen molar-refractivity contribution in [3.05, 3.63) is 24.0 Å². The Morgan fingerprint density at radius 3 is 2.62 bits per heavy atom. The minimum Gasteiger partial charge on any atom is -0.370 e. The summed E-state index contributed by atoms with van der Waals surface area (Å²) in [6.45, 7) is 2.20. The second kappa shape index (κ2) is 4.96. The highest BCUT2D eigenvalue weighted by Crippen LogP contribution is 2.18. The lowest BCUT2D eigenvalue weighted by Crippen LogP contribution is -2.29. The van der Waals surface area contributed by atoms with Crippen molar-refractivity contribution in [2.45, 2.75) is 19.3 Å². The van der Waals surface area contributed by atoms with Gasteiger partial charge in [-0.2, -0.15) is 0 Å². The summed E-state index contributed by atoms with van der Waals surface area (Å²) < 4.78 is 0. The highest BCUT2D eigenvalue weighted by molar-refractivity contribution is 5.92. The summed E-state index contributed by atoms with van der Waals surface area (Å²) in [5.41, 5.74) is 1.59. The van der Waals surface area contributed by atoms with Crippen molar-refractivity contribution < 1.29 is 4.79 Å². The van der Waals surface area contributed by atoms with Crippen LogP contribution in [0.2, 0.25) is 0 Å². The van der Waals surface area contributed by atoms with E-state index in [0.29, 0.717) is 5.69 Å². The Balaban J connectivity index is 2.09. The van der Waals surface area contributed by atoms with Crippen LogP contribution in [0.15, 0.2) is 18.3 Å². The SMILES string of the molecule is CNC(=O)c1ccc(N2CCCCC2)cn1. The van der Waals surface area contributed by atoms with Crippen molar-refractivity contribution in [1.82, 2.24) is 10.3 Å². The van der Waals surface area contributed by atoms with Crippen LogP contribution < -0.4 is 10.2 Å². The largest absolute Gasteiger partial charge is 0.370 e. The van der Waals surface area contributed by atoms with Gasteiger partial charge in [0.1, 0.15) is 5.69 Å². The van der Waals surface area contributed by atoms with Gasteiger partial charge in [-0.25, -0.2) is 4.98 Å². The highest BCUT2D eigenvalue weighted by Gasteiger charge is 2.12. The summed E-state index contributed by atoms with van der Waals surface area (Å²) in [7, 11) is 1.61. The molecule has 2 heterocycles. The van der Waals surface area contributed by atoms with Crippen LogP contribution in [0, 0.1) is 0 Å². The molecule has 1 fully saturated rings. The Labute approximate surface area is 95.7 Å². The van der Waals surface area contributed by atoms with E-state index >= 15 is 0 Å². The van der Waals surface area contributed by atoms with Gasteiger partial charge in [0.25, 0.3) is 5.91 Å². The lowest BCUT2D eigenvalue weighted by Gasteiger charge is -2.28. The fourth-order valence-corrected chi connectivity index (χ4v) is 1.99. The van der Waals surface area contributed by atoms with E-state index in [9.17, 15) is 4.79 Å². The first-order valence-electron chi connectivity index (χ1n) is 5.74. The molecule has 86 valence electrons. The number of nitrogens with one attached hydrogen (secondary N) is 1. The predicted octanol–water partition coefficient (Wildman–Crippen LogP) is 1.43. The lowest BCUT2D eigenvalue weighted by atomic mass is 10.1. The molecule has 0 bridgehead atoms. The Kier molecular flexibility index (Phi) is 3.39. The number of hydrogen-bond donors (Lipinski definition) is 1. The number of piperidine rings is 1. The molecule has 1 amide bonds. The van der Waals surface area contributed by atoms with Gasteiger partial charge in [0, 0.05) is 20.1 Å². The van der Waals surface area contributed by atoms with Crippen LogP contribution in [0.4, 0.5) is 5.69 Å². The molecule has 1 aromatic rings. The quantitative estimate of drug-likeness (QED) is 0.818. The van der Waals surface area contributed by atoms with Crippen LogP contribution in [0.5, 0.6) is 0 Å². The number of aromatic nitrogens is 1. The van der Waals surface area contributed by atoms with E-state index in [1.807, 2.05) is 6.07 Å². The van der Waals surface area contributed by atoms with E-state index in [4.69, 9.17) is 0 Å². The average Bonchev–Trinajstić information content (AvgIpc) is 2.39. The zero-order chi connectivity index (χ0) is 11.4. The number of anilines is 1. The zero-order valence-corrected chi connectivity index (χ0v) is 9.57. The lowest BCUT2D eigenvalue weighted by molar-refractivity contribution is 0.0958. The third-order valence-electron chi connectivity index (χ3n) is 2.93. The Bertz CT molecular complexity index is 355. The fraction of sp³-hybridized carbons (Fsp3) is 0.500. The third kappa shape index (κ3) is 2.32. The molecular weight excluding hydrogens is 202 g/mol. The van der Waals surface area contributed by atoms with Gasteiger partial charge < -0.3 is 10.2 Å². The first kappa shape index (κ1) is 10.9. The second-order valence-electron chi connectivity index (χ2n) is 4.03. The standard InChI is InChI=1S/C12H17N3O/c1-13-12(16)11-6-5-10(9-14-11)15-7-3-2-4-8-15/h5-6,9H,2-4,7-8H2,1H3,(H,13,16). The molecule has 0 atom stereocenters. The molecule has 0 aliphatic carbocycles. The third-order valence-corrected chi connectivity index (χ3v) is 2.93. The molecule has 0 aromatic carbocycles. The fourth-order valence-electron chi connectivity index (χ4n) is 1.99. The number of carbonyl (C=O) groups excluding carboxylic acids is 1. The topological polar surface area (TPSA) is 45.2 Å². The summed E-state index contributed by atoms with van der Waals surface area (Å²) in [5.74, 6) is -0.134. The van der Waals surface area contributed by atoms with Gasteiger partial charge in [-0.05, 0) is 31.4 Å². The van der Waals surface area contributed by atoms with E-state index in [2.05, 4.69) is 15.2 Å². The van der Waals surface area contributed by atoms with Gasteiger partial charge in [0.2, 0.25) is 0 Å². The van der Waals surface area contributed by atoms with Gasteiger partial charge in [-0.3, -0.25) is 4.79 Å². The van der Waals surface area contributed by atoms with Crippen molar-refractivity contribution in [1.29, 1.82) is 0 Å². The van der Waals surface area contributed by atoms with Crippen LogP contribution >= 0.6 is 0 Å². The molecule has 4 nitrogen and oxygen atoms in total. The van der Waals surface area contributed by atoms with Crippen molar-refractivity contribution in [3.63, 3.8) is 0 Å². The average molecular weight is 219 g/mol. The maximum Gasteiger partial charge on any atom is 0.269 e. The van der Waals surface area contributed by atoms with E-state index in [1.54, 1.807) is 19.3 Å². The van der Waals surface area contributed by atoms with Gasteiger partial charge >= 0.3 is 0 Å². The minimum absolute atomic E-state index is 0.134. The Hall–Kier alpha value is -1.58. The molecule has 16 heavy (non-hydrogen) atoms. The summed E-state index contributed by atoms with van der Waals surface area (Å²) in [6, 6.07) is 3.76. The second-order valence-corrected chi connectivity index (χ2v) is 4.03. The normalized spacial score (nSPS) is 15.9. The predicted molar refractivity (Wildman–Crippen MR) is 63.7 cm³/mol. The number of carbonyl (C=O) groups is 1. The van der Waals surface area contributed by atoms with Crippen molar-refractivity contribution in [2.24, 2.45) is 0 Å². The van der Waals surface area contributed by atoms with Gasteiger partial charge in [-0.1, -0.05) is 0 Å². The molecule has 1 aliphatic rings. The molecule has 4 heteroatoms. The molecule has 0 unspecified atom stereocenters. The van der Waals surface area contributed by atoms with E-state index in [1.165, 1.54) is 19.3 Å². The first-order valence-corrected chi connectivity index (χ1v) is 5.74. The number of rotatable bonds is 2. The van der Waals surface area contributed by atoms with Crippen molar-refractivity contribution in [2.75, 3.05) is 25.0 Å². The maximum atomic E-state index is 11.3. The van der Waals surface area contributed by atoms with E-state index in [0.717, 1.165) is 18.8 Å². The number of amides is 1. The number of nitrogens with zero attached hydrogens (tertiary/aromatic N) is 2. The molecule has 0 saturated carbocycles. The van der Waals surface area contributed by atoms with Gasteiger partial charge in [0.15, 0.2) is 0 Å². The molecule has 2 rings (SSSR count). The molecular formula is C12H17N3O. The number of pyridine rings is 1. The maximum absolute atomic E-state index is 11.3. The van der Waals surface area contributed by atoms with Crippen LogP contribution in [0.3, 0.4) is 0 Å². The van der Waals surface area contributed by atoms with Crippen LogP contribution in [-0.4, -0.2) is 31.0 Å². The number of hydrogen-bond acceptors (Lipinski definition) is 3. The van der Waals surface area contributed by atoms with E-state index < -0.39 is 0 Å². The highest BCUT2D eigenvalue weighted by atomic mass is 16.1. The molecule has 1 aromatic heterocycles. The Morgan fingerprint density at radius 1 is 1.31 bits per heavy atom. The monoisotopic (exact) mass is 219 g/mol. The molecule has 1 saturated heterocycles. The van der Waals surface area contributed by atoms with Crippen LogP contribution in [0.1, 0.15) is 29.8 Å². The molecule has 1 N–H and O–H groups in total. The smallest absolute Gasteiger partial charge is 0.269 e. The van der Waals surface area contributed by atoms with Gasteiger partial charge in [-0.15, -0.1) is 0 Å². The van der Waals surface area contributed by atoms with Gasteiger partial charge in [0.05, 0.1) is 11.9 Å². The van der Waals surface area contributed by atoms with Crippen molar-refractivity contribution >= 4 is 11.6 Å². The summed E-state index contributed by atoms with van der Waals surface area (Å²) >= 11 is 0. The van der Waals surface area contributed by atoms with Crippen LogP contribution in [-0.2, 0) is 0 Å². The minimum atomic E-state index is -0.134. The first-order chi connectivity index (χ1) is 7.81. The molecule has 0 spiro atoms. The van der Waals surface area contributed by atoms with Crippen LogP contribution in [0.25, 0.3) is 0 Å². The Morgan fingerprint density at radius 2 is 2.06 bits per heavy atom. The summed E-state index contributed by atoms with van der Waals surface area (Å²) in [6.07, 6.45) is 5.60. The summed E-state index contributed by atoms with van der Waals surface area (Å²) in [4.78, 5) is 17.8. The molecule has 1 aliphatic heterocycles.